The number of phenols is 1. The maximum Gasteiger partial charge on any atom is 0.271 e. The van der Waals surface area contributed by atoms with Crippen molar-refractivity contribution in [2.24, 2.45) is 0 Å². The number of non-ortho nitro benzene ring substituents is 1. The predicted octanol–water partition coefficient (Wildman–Crippen LogP) is 1.76. The lowest BCUT2D eigenvalue weighted by Gasteiger charge is -2.04. The molecule has 0 aliphatic carbocycles. The van der Waals surface area contributed by atoms with Crippen LogP contribution >= 0.6 is 0 Å². The van der Waals surface area contributed by atoms with Crippen molar-refractivity contribution >= 4 is 16.7 Å². The van der Waals surface area contributed by atoms with Gasteiger partial charge in [-0.2, -0.15) is 0 Å². The monoisotopic (exact) mass is 300 g/mol. The van der Waals surface area contributed by atoms with Gasteiger partial charge >= 0.3 is 0 Å². The Morgan fingerprint density at radius 3 is 2.64 bits per heavy atom. The van der Waals surface area contributed by atoms with E-state index in [0.29, 0.717) is 28.2 Å². The van der Waals surface area contributed by atoms with Crippen molar-refractivity contribution in [2.45, 2.75) is 0 Å². The van der Waals surface area contributed by atoms with Crippen LogP contribution < -0.4 is 9.47 Å². The van der Waals surface area contributed by atoms with E-state index in [4.69, 9.17) is 9.47 Å². The molecule has 4 rings (SSSR count). The van der Waals surface area contributed by atoms with Crippen molar-refractivity contribution < 1.29 is 19.5 Å². The van der Waals surface area contributed by atoms with Crippen LogP contribution in [0.4, 0.5) is 5.69 Å². The van der Waals surface area contributed by atoms with E-state index >= 15 is 0 Å². The van der Waals surface area contributed by atoms with Crippen molar-refractivity contribution in [2.75, 3.05) is 6.79 Å². The quantitative estimate of drug-likeness (QED) is 0.566. The highest BCUT2D eigenvalue weighted by Crippen LogP contribution is 2.39. The molecular formula is C13H8N4O5. The largest absolute Gasteiger partial charge is 0.505 e. The smallest absolute Gasteiger partial charge is 0.271 e. The van der Waals surface area contributed by atoms with Crippen LogP contribution in [0.2, 0.25) is 0 Å². The fraction of sp³-hybridized carbons (Fsp3) is 0.0769. The number of nitro benzene ring substituents is 1. The molecule has 0 bridgehead atoms. The Balaban J connectivity index is 1.86. The van der Waals surface area contributed by atoms with E-state index in [9.17, 15) is 15.2 Å². The van der Waals surface area contributed by atoms with E-state index in [-0.39, 0.29) is 18.2 Å². The molecule has 0 radical (unpaired) electrons. The number of fused-ring (bicyclic) bond motifs is 2. The average molecular weight is 300 g/mol. The van der Waals surface area contributed by atoms with Crippen LogP contribution in [0.3, 0.4) is 0 Å². The van der Waals surface area contributed by atoms with E-state index in [1.807, 2.05) is 0 Å². The summed E-state index contributed by atoms with van der Waals surface area (Å²) in [7, 11) is 0. The highest BCUT2D eigenvalue weighted by Gasteiger charge is 2.19. The second kappa shape index (κ2) is 4.32. The molecular weight excluding hydrogens is 292 g/mol. The van der Waals surface area contributed by atoms with Gasteiger partial charge in [-0.05, 0) is 6.07 Å². The predicted molar refractivity (Wildman–Crippen MR) is 73.3 cm³/mol. The third-order valence-electron chi connectivity index (χ3n) is 3.26. The summed E-state index contributed by atoms with van der Waals surface area (Å²) in [6.07, 6.45) is 0. The van der Waals surface area contributed by atoms with Gasteiger partial charge in [-0.25, -0.2) is 0 Å². The summed E-state index contributed by atoms with van der Waals surface area (Å²) in [6.45, 7) is 0.0823. The summed E-state index contributed by atoms with van der Waals surface area (Å²) >= 11 is 0. The fourth-order valence-electron chi connectivity index (χ4n) is 2.20. The standard InChI is InChI=1S/C13H8N4O5/c18-11-5-13-12(21-6-22-13)4-10(11)16-14-8-2-1-7(17(19)20)3-9(8)15-16/h1-5,18H,6H2. The minimum atomic E-state index is -0.503. The molecule has 110 valence electrons. The lowest BCUT2D eigenvalue weighted by molar-refractivity contribution is -0.384. The zero-order valence-electron chi connectivity index (χ0n) is 11.0. The summed E-state index contributed by atoms with van der Waals surface area (Å²) in [5.41, 5.74) is 1.05. The molecule has 0 saturated carbocycles. The van der Waals surface area contributed by atoms with Gasteiger partial charge in [-0.1, -0.05) is 0 Å². The second-order valence-electron chi connectivity index (χ2n) is 4.61. The normalized spacial score (nSPS) is 12.7. The van der Waals surface area contributed by atoms with Crippen molar-refractivity contribution in [3.63, 3.8) is 0 Å². The van der Waals surface area contributed by atoms with E-state index < -0.39 is 4.92 Å². The number of ether oxygens (including phenoxy) is 2. The molecule has 1 aliphatic rings. The van der Waals surface area contributed by atoms with Crippen LogP contribution in [0, 0.1) is 10.1 Å². The highest BCUT2D eigenvalue weighted by molar-refractivity contribution is 5.77. The lowest BCUT2D eigenvalue weighted by Crippen LogP contribution is -1.99. The Morgan fingerprint density at radius 1 is 1.14 bits per heavy atom. The van der Waals surface area contributed by atoms with E-state index in [1.165, 1.54) is 29.1 Å². The summed E-state index contributed by atoms with van der Waals surface area (Å²) in [5.74, 6) is 0.827. The molecule has 0 amide bonds. The number of aromatic hydroxyl groups is 1. The minimum Gasteiger partial charge on any atom is -0.505 e. The molecule has 9 nitrogen and oxygen atoms in total. The van der Waals surface area contributed by atoms with Gasteiger partial charge in [0, 0.05) is 24.3 Å². The van der Waals surface area contributed by atoms with E-state index in [2.05, 4.69) is 10.2 Å². The molecule has 0 unspecified atom stereocenters. The number of hydrogen-bond donors (Lipinski definition) is 1. The lowest BCUT2D eigenvalue weighted by atomic mass is 10.2. The summed E-state index contributed by atoms with van der Waals surface area (Å²) in [4.78, 5) is 11.5. The topological polar surface area (TPSA) is 113 Å². The van der Waals surface area contributed by atoms with Crippen molar-refractivity contribution in [1.29, 1.82) is 0 Å². The molecule has 0 saturated heterocycles. The molecule has 2 aromatic carbocycles. The van der Waals surface area contributed by atoms with Crippen molar-refractivity contribution in [1.82, 2.24) is 15.0 Å². The first-order valence-electron chi connectivity index (χ1n) is 6.26. The minimum absolute atomic E-state index is 0.0746. The summed E-state index contributed by atoms with van der Waals surface area (Å²) in [5, 5.41) is 29.2. The Bertz CT molecular complexity index is 920. The molecule has 22 heavy (non-hydrogen) atoms. The van der Waals surface area contributed by atoms with Crippen LogP contribution in [0.15, 0.2) is 30.3 Å². The first-order valence-corrected chi connectivity index (χ1v) is 6.26. The van der Waals surface area contributed by atoms with Gasteiger partial charge < -0.3 is 14.6 Å². The first-order chi connectivity index (χ1) is 10.6. The molecule has 1 aliphatic heterocycles. The molecule has 9 heteroatoms. The number of phenolic OH excluding ortho intramolecular Hbond substituents is 1. The van der Waals surface area contributed by atoms with E-state index in [0.717, 1.165) is 0 Å². The van der Waals surface area contributed by atoms with Gasteiger partial charge in [0.1, 0.15) is 22.5 Å². The van der Waals surface area contributed by atoms with Crippen LogP contribution in [0.25, 0.3) is 16.7 Å². The maximum absolute atomic E-state index is 10.8. The van der Waals surface area contributed by atoms with Crippen LogP contribution in [-0.4, -0.2) is 31.8 Å². The Hall–Kier alpha value is -3.36. The van der Waals surface area contributed by atoms with Crippen LogP contribution in [-0.2, 0) is 0 Å². The number of nitro groups is 1. The number of nitrogens with zero attached hydrogens (tertiary/aromatic N) is 4. The van der Waals surface area contributed by atoms with Crippen molar-refractivity contribution in [3.8, 4) is 22.9 Å². The first kappa shape index (κ1) is 12.4. The molecule has 1 aromatic heterocycles. The van der Waals surface area contributed by atoms with Gasteiger partial charge in [0.2, 0.25) is 6.79 Å². The number of hydrogen-bond acceptors (Lipinski definition) is 7. The van der Waals surface area contributed by atoms with Gasteiger partial charge in [0.15, 0.2) is 11.5 Å². The van der Waals surface area contributed by atoms with Gasteiger partial charge in [0.05, 0.1) is 4.92 Å². The number of aromatic nitrogens is 3. The molecule has 0 fully saturated rings. The summed E-state index contributed by atoms with van der Waals surface area (Å²) < 4.78 is 10.4. The second-order valence-corrected chi connectivity index (χ2v) is 4.61. The fourth-order valence-corrected chi connectivity index (χ4v) is 2.20. The Kier molecular flexibility index (Phi) is 2.43. The van der Waals surface area contributed by atoms with Crippen LogP contribution in [0.5, 0.6) is 17.2 Å². The van der Waals surface area contributed by atoms with Gasteiger partial charge in [0.25, 0.3) is 5.69 Å². The Labute approximate surface area is 122 Å². The molecule has 0 spiro atoms. The van der Waals surface area contributed by atoms with Crippen LogP contribution in [0.1, 0.15) is 0 Å². The third kappa shape index (κ3) is 1.79. The SMILES string of the molecule is O=[N+]([O-])c1ccc2nn(-c3cc4c(cc3O)OCO4)nc2c1. The summed E-state index contributed by atoms with van der Waals surface area (Å²) in [6, 6.07) is 7.13. The van der Waals surface area contributed by atoms with Gasteiger partial charge in [-0.15, -0.1) is 15.0 Å². The number of benzene rings is 2. The molecule has 0 atom stereocenters. The molecule has 2 heterocycles. The maximum atomic E-state index is 10.8. The molecule has 3 aromatic rings. The zero-order valence-corrected chi connectivity index (χ0v) is 11.0. The molecule has 1 N–H and O–H groups in total. The van der Waals surface area contributed by atoms with E-state index in [1.54, 1.807) is 6.07 Å². The number of rotatable bonds is 2. The zero-order chi connectivity index (χ0) is 15.3. The highest BCUT2D eigenvalue weighted by atomic mass is 16.7. The Morgan fingerprint density at radius 2 is 1.86 bits per heavy atom. The third-order valence-corrected chi connectivity index (χ3v) is 3.26. The van der Waals surface area contributed by atoms with Crippen molar-refractivity contribution in [3.05, 3.63) is 40.4 Å². The average Bonchev–Trinajstić information content (AvgIpc) is 3.10. The van der Waals surface area contributed by atoms with Gasteiger partial charge in [-0.3, -0.25) is 10.1 Å².